The van der Waals surface area contributed by atoms with Crippen LogP contribution in [0.5, 0.6) is 0 Å². The Morgan fingerprint density at radius 1 is 0.931 bits per heavy atom. The third-order valence-corrected chi connectivity index (χ3v) is 7.18. The lowest BCUT2D eigenvalue weighted by atomic mass is 10.1. The van der Waals surface area contributed by atoms with Crippen LogP contribution in [0, 0.1) is 0 Å². The highest BCUT2D eigenvalue weighted by Gasteiger charge is 2.22. The van der Waals surface area contributed by atoms with E-state index in [9.17, 15) is 8.42 Å². The molecule has 1 saturated heterocycles. The van der Waals surface area contributed by atoms with Crippen LogP contribution < -0.4 is 14.9 Å². The molecule has 0 unspecified atom stereocenters. The second-order valence-electron chi connectivity index (χ2n) is 6.67. The zero-order chi connectivity index (χ0) is 19.6. The maximum absolute atomic E-state index is 13.2. The van der Waals surface area contributed by atoms with Gasteiger partial charge in [-0.1, -0.05) is 36.4 Å². The number of hydrogen-bond donors (Lipinski definition) is 2. The van der Waals surface area contributed by atoms with Gasteiger partial charge in [0, 0.05) is 47.5 Å². The molecule has 0 aromatic heterocycles. The standard InChI is InChI=1S/C21H23N3O2S2.ClH/c1-27-20-9-5-4-8-18(20)23-28(25,26)21-11-10-19(24-14-12-22-13-15-24)16-6-2-3-7-17(16)21;/h2-11,22-23H,12-15H2,1H3;1H. The number of anilines is 2. The van der Waals surface area contributed by atoms with Gasteiger partial charge in [0.2, 0.25) is 0 Å². The lowest BCUT2D eigenvalue weighted by Gasteiger charge is -2.30. The van der Waals surface area contributed by atoms with Gasteiger partial charge in [-0.15, -0.1) is 24.2 Å². The van der Waals surface area contributed by atoms with Crippen molar-refractivity contribution < 1.29 is 8.42 Å². The molecule has 2 N–H and O–H groups in total. The van der Waals surface area contributed by atoms with Crippen molar-refractivity contribution in [2.45, 2.75) is 9.79 Å². The third kappa shape index (κ3) is 4.48. The topological polar surface area (TPSA) is 61.4 Å². The number of sulfonamides is 1. The van der Waals surface area contributed by atoms with Gasteiger partial charge in [0.1, 0.15) is 0 Å². The molecule has 0 saturated carbocycles. The normalized spacial score (nSPS) is 14.4. The van der Waals surface area contributed by atoms with E-state index in [0.29, 0.717) is 10.6 Å². The van der Waals surface area contributed by atoms with E-state index in [4.69, 9.17) is 0 Å². The van der Waals surface area contributed by atoms with Gasteiger partial charge in [-0.25, -0.2) is 8.42 Å². The molecule has 0 radical (unpaired) electrons. The predicted molar refractivity (Wildman–Crippen MR) is 125 cm³/mol. The number of benzene rings is 3. The van der Waals surface area contributed by atoms with Gasteiger partial charge in [0.15, 0.2) is 0 Å². The molecule has 29 heavy (non-hydrogen) atoms. The number of hydrogen-bond acceptors (Lipinski definition) is 5. The first-order valence-corrected chi connectivity index (χ1v) is 11.9. The third-order valence-electron chi connectivity index (χ3n) is 4.96. The number of piperazine rings is 1. The van der Waals surface area contributed by atoms with E-state index in [-0.39, 0.29) is 12.4 Å². The van der Waals surface area contributed by atoms with E-state index >= 15 is 0 Å². The maximum Gasteiger partial charge on any atom is 0.262 e. The van der Waals surface area contributed by atoms with Gasteiger partial charge < -0.3 is 10.2 Å². The second-order valence-corrected chi connectivity index (χ2v) is 9.17. The summed E-state index contributed by atoms with van der Waals surface area (Å²) in [6.07, 6.45) is 1.94. The van der Waals surface area contributed by atoms with Crippen molar-refractivity contribution in [3.63, 3.8) is 0 Å². The molecule has 1 aliphatic heterocycles. The minimum absolute atomic E-state index is 0. The summed E-state index contributed by atoms with van der Waals surface area (Å²) in [5.74, 6) is 0. The lowest BCUT2D eigenvalue weighted by molar-refractivity contribution is 0.590. The fourth-order valence-electron chi connectivity index (χ4n) is 3.60. The first-order chi connectivity index (χ1) is 13.6. The van der Waals surface area contributed by atoms with Crippen LogP contribution in [0.15, 0.2) is 70.5 Å². The van der Waals surface area contributed by atoms with E-state index in [1.54, 1.807) is 12.1 Å². The lowest BCUT2D eigenvalue weighted by Crippen LogP contribution is -2.43. The summed E-state index contributed by atoms with van der Waals surface area (Å²) in [5, 5.41) is 5.06. The molecule has 8 heteroatoms. The molecule has 4 rings (SSSR count). The highest BCUT2D eigenvalue weighted by molar-refractivity contribution is 7.99. The molecule has 0 atom stereocenters. The minimum atomic E-state index is -3.71. The average Bonchev–Trinajstić information content (AvgIpc) is 2.73. The Bertz CT molecular complexity index is 1100. The fraction of sp³-hybridized carbons (Fsp3) is 0.238. The van der Waals surface area contributed by atoms with Crippen LogP contribution in [-0.4, -0.2) is 40.9 Å². The molecule has 1 heterocycles. The van der Waals surface area contributed by atoms with Crippen molar-refractivity contribution in [2.24, 2.45) is 0 Å². The van der Waals surface area contributed by atoms with Crippen molar-refractivity contribution >= 4 is 56.3 Å². The Morgan fingerprint density at radius 3 is 2.31 bits per heavy atom. The first kappa shape index (κ1) is 21.8. The van der Waals surface area contributed by atoms with E-state index in [0.717, 1.165) is 47.5 Å². The first-order valence-electron chi connectivity index (χ1n) is 9.23. The summed E-state index contributed by atoms with van der Waals surface area (Å²) < 4.78 is 29.2. The predicted octanol–water partition coefficient (Wildman–Crippen LogP) is 4.19. The van der Waals surface area contributed by atoms with Crippen LogP contribution in [-0.2, 0) is 10.0 Å². The molecule has 0 spiro atoms. The number of halogens is 1. The van der Waals surface area contributed by atoms with Gasteiger partial charge in [0.25, 0.3) is 10.0 Å². The summed E-state index contributed by atoms with van der Waals surface area (Å²) in [6, 6.07) is 18.8. The number of fused-ring (bicyclic) bond motifs is 1. The Balaban J connectivity index is 0.00000240. The van der Waals surface area contributed by atoms with Crippen LogP contribution in [0.2, 0.25) is 0 Å². The number of nitrogens with zero attached hydrogens (tertiary/aromatic N) is 1. The molecular weight excluding hydrogens is 426 g/mol. The number of rotatable bonds is 5. The molecule has 5 nitrogen and oxygen atoms in total. The van der Waals surface area contributed by atoms with Crippen molar-refractivity contribution in [1.82, 2.24) is 5.32 Å². The molecule has 0 bridgehead atoms. The highest BCUT2D eigenvalue weighted by atomic mass is 35.5. The van der Waals surface area contributed by atoms with Gasteiger partial charge in [-0.2, -0.15) is 0 Å². The van der Waals surface area contributed by atoms with E-state index < -0.39 is 10.0 Å². The minimum Gasteiger partial charge on any atom is -0.368 e. The maximum atomic E-state index is 13.2. The molecule has 3 aromatic rings. The molecule has 3 aromatic carbocycles. The summed E-state index contributed by atoms with van der Waals surface area (Å²) in [6.45, 7) is 3.69. The summed E-state index contributed by atoms with van der Waals surface area (Å²) in [4.78, 5) is 3.51. The van der Waals surface area contributed by atoms with Crippen LogP contribution >= 0.6 is 24.2 Å². The van der Waals surface area contributed by atoms with E-state index in [2.05, 4.69) is 14.9 Å². The Hall–Kier alpha value is -1.93. The smallest absolute Gasteiger partial charge is 0.262 e. The van der Waals surface area contributed by atoms with Crippen LogP contribution in [0.1, 0.15) is 0 Å². The molecule has 0 amide bonds. The van der Waals surface area contributed by atoms with Crippen molar-refractivity contribution in [1.29, 1.82) is 0 Å². The van der Waals surface area contributed by atoms with Gasteiger partial charge >= 0.3 is 0 Å². The zero-order valence-electron chi connectivity index (χ0n) is 16.1. The Kier molecular flexibility index (Phi) is 6.95. The fourth-order valence-corrected chi connectivity index (χ4v) is 5.51. The summed E-state index contributed by atoms with van der Waals surface area (Å²) in [7, 11) is -3.71. The van der Waals surface area contributed by atoms with E-state index in [1.807, 2.05) is 54.8 Å². The molecular formula is C21H24ClN3O2S2. The van der Waals surface area contributed by atoms with Gasteiger partial charge in [-0.05, 0) is 30.5 Å². The Labute approximate surface area is 182 Å². The molecule has 154 valence electrons. The van der Waals surface area contributed by atoms with Crippen LogP contribution in [0.4, 0.5) is 11.4 Å². The van der Waals surface area contributed by atoms with Crippen LogP contribution in [0.25, 0.3) is 10.8 Å². The largest absolute Gasteiger partial charge is 0.368 e. The van der Waals surface area contributed by atoms with Gasteiger partial charge in [-0.3, -0.25) is 4.72 Å². The van der Waals surface area contributed by atoms with Crippen molar-refractivity contribution in [3.8, 4) is 0 Å². The molecule has 1 aliphatic rings. The molecule has 1 fully saturated rings. The highest BCUT2D eigenvalue weighted by Crippen LogP contribution is 2.34. The number of thioether (sulfide) groups is 1. The van der Waals surface area contributed by atoms with E-state index in [1.165, 1.54) is 11.8 Å². The SMILES string of the molecule is CSc1ccccc1NS(=O)(=O)c1ccc(N2CCNCC2)c2ccccc12.Cl. The summed E-state index contributed by atoms with van der Waals surface area (Å²) >= 11 is 1.52. The Morgan fingerprint density at radius 2 is 1.59 bits per heavy atom. The number of nitrogens with one attached hydrogen (secondary N) is 2. The summed E-state index contributed by atoms with van der Waals surface area (Å²) in [5.41, 5.74) is 1.69. The quantitative estimate of drug-likeness (QED) is 0.572. The zero-order valence-corrected chi connectivity index (χ0v) is 18.5. The molecule has 0 aliphatic carbocycles. The van der Waals surface area contributed by atoms with Crippen molar-refractivity contribution in [2.75, 3.05) is 42.1 Å². The second kappa shape index (κ2) is 9.26. The van der Waals surface area contributed by atoms with Crippen LogP contribution in [0.3, 0.4) is 0 Å². The van der Waals surface area contributed by atoms with Crippen molar-refractivity contribution in [3.05, 3.63) is 60.7 Å². The van der Waals surface area contributed by atoms with Gasteiger partial charge in [0.05, 0.1) is 10.6 Å². The average molecular weight is 450 g/mol. The monoisotopic (exact) mass is 449 g/mol. The number of para-hydroxylation sites is 1.